The molecule has 2 aromatic carbocycles. The fourth-order valence-electron chi connectivity index (χ4n) is 1.60. The van der Waals surface area contributed by atoms with Crippen molar-refractivity contribution in [2.24, 2.45) is 0 Å². The van der Waals surface area contributed by atoms with E-state index in [1.54, 1.807) is 0 Å². The van der Waals surface area contributed by atoms with Crippen LogP contribution in [0.15, 0.2) is 60.7 Å². The summed E-state index contributed by atoms with van der Waals surface area (Å²) in [4.78, 5) is 0. The summed E-state index contributed by atoms with van der Waals surface area (Å²) in [5.74, 6) is 0. The van der Waals surface area contributed by atoms with Crippen molar-refractivity contribution in [1.82, 2.24) is 0 Å². The minimum Gasteiger partial charge on any atom is -0.392 e. The Morgan fingerprint density at radius 3 is 1.53 bits per heavy atom. The summed E-state index contributed by atoms with van der Waals surface area (Å²) in [7, 11) is 0. The van der Waals surface area contributed by atoms with Gasteiger partial charge in [-0.2, -0.15) is 0 Å². The van der Waals surface area contributed by atoms with E-state index in [1.807, 2.05) is 60.7 Å². The van der Waals surface area contributed by atoms with E-state index in [0.717, 1.165) is 11.4 Å². The molecule has 0 aliphatic carbocycles. The molecule has 2 aromatic rings. The SMILES string of the molecule is OCC(Nc1ccccc1)Nc1ccccc1. The fraction of sp³-hybridized carbons (Fsp3) is 0.143. The van der Waals surface area contributed by atoms with Gasteiger partial charge in [-0.25, -0.2) is 0 Å². The van der Waals surface area contributed by atoms with Crippen LogP contribution in [0.25, 0.3) is 0 Å². The minimum atomic E-state index is -0.195. The zero-order valence-electron chi connectivity index (χ0n) is 9.51. The number of para-hydroxylation sites is 2. The molecule has 0 aromatic heterocycles. The van der Waals surface area contributed by atoms with Crippen LogP contribution in [0.1, 0.15) is 0 Å². The molecule has 0 aliphatic rings. The van der Waals surface area contributed by atoms with Gasteiger partial charge in [0.1, 0.15) is 6.17 Å². The maximum Gasteiger partial charge on any atom is 0.120 e. The summed E-state index contributed by atoms with van der Waals surface area (Å²) in [6.45, 7) is 0.0176. The summed E-state index contributed by atoms with van der Waals surface area (Å²) < 4.78 is 0. The van der Waals surface area contributed by atoms with Crippen molar-refractivity contribution < 1.29 is 5.11 Å². The standard InChI is InChI=1S/C14H16N2O/c17-11-14(15-12-7-3-1-4-8-12)16-13-9-5-2-6-10-13/h1-10,14-17H,11H2. The number of hydrogen-bond donors (Lipinski definition) is 3. The lowest BCUT2D eigenvalue weighted by Crippen LogP contribution is -2.32. The molecule has 88 valence electrons. The van der Waals surface area contributed by atoms with Crippen molar-refractivity contribution >= 4 is 11.4 Å². The van der Waals surface area contributed by atoms with Crippen LogP contribution in [0.3, 0.4) is 0 Å². The first-order valence-corrected chi connectivity index (χ1v) is 5.62. The van der Waals surface area contributed by atoms with Gasteiger partial charge in [-0.3, -0.25) is 0 Å². The molecule has 0 fully saturated rings. The molecule has 0 heterocycles. The van der Waals surface area contributed by atoms with Crippen molar-refractivity contribution in [1.29, 1.82) is 0 Å². The third-order valence-electron chi connectivity index (χ3n) is 2.41. The Hall–Kier alpha value is -2.00. The van der Waals surface area contributed by atoms with Gasteiger partial charge < -0.3 is 15.7 Å². The Labute approximate surface area is 101 Å². The summed E-state index contributed by atoms with van der Waals surface area (Å²) >= 11 is 0. The van der Waals surface area contributed by atoms with Crippen LogP contribution in [0.4, 0.5) is 11.4 Å². The van der Waals surface area contributed by atoms with Crippen molar-refractivity contribution in [2.45, 2.75) is 6.17 Å². The highest BCUT2D eigenvalue weighted by Gasteiger charge is 2.05. The quantitative estimate of drug-likeness (QED) is 0.689. The lowest BCUT2D eigenvalue weighted by atomic mass is 10.3. The second-order valence-electron chi connectivity index (χ2n) is 3.76. The van der Waals surface area contributed by atoms with Gasteiger partial charge in [-0.05, 0) is 24.3 Å². The monoisotopic (exact) mass is 228 g/mol. The van der Waals surface area contributed by atoms with Gasteiger partial charge in [0, 0.05) is 11.4 Å². The van der Waals surface area contributed by atoms with Gasteiger partial charge in [-0.15, -0.1) is 0 Å². The highest BCUT2D eigenvalue weighted by molar-refractivity contribution is 5.49. The fourth-order valence-corrected chi connectivity index (χ4v) is 1.60. The second-order valence-corrected chi connectivity index (χ2v) is 3.76. The maximum atomic E-state index is 9.32. The molecule has 0 saturated heterocycles. The molecule has 0 unspecified atom stereocenters. The number of aliphatic hydroxyl groups is 1. The van der Waals surface area contributed by atoms with E-state index in [1.165, 1.54) is 0 Å². The van der Waals surface area contributed by atoms with Gasteiger partial charge in [-0.1, -0.05) is 36.4 Å². The molecular formula is C14H16N2O. The smallest absolute Gasteiger partial charge is 0.120 e. The number of hydrogen-bond acceptors (Lipinski definition) is 3. The highest BCUT2D eigenvalue weighted by Crippen LogP contribution is 2.10. The Morgan fingerprint density at radius 2 is 1.18 bits per heavy atom. The molecular weight excluding hydrogens is 212 g/mol. The van der Waals surface area contributed by atoms with Crippen LogP contribution in [-0.4, -0.2) is 17.9 Å². The third kappa shape index (κ3) is 3.50. The van der Waals surface area contributed by atoms with Crippen LogP contribution in [0, 0.1) is 0 Å². The van der Waals surface area contributed by atoms with Crippen molar-refractivity contribution in [3.63, 3.8) is 0 Å². The molecule has 0 spiro atoms. The van der Waals surface area contributed by atoms with Gasteiger partial charge in [0.15, 0.2) is 0 Å². The van der Waals surface area contributed by atoms with Gasteiger partial charge >= 0.3 is 0 Å². The Bertz CT molecular complexity index is 389. The molecule has 3 heteroatoms. The van der Waals surface area contributed by atoms with E-state index in [-0.39, 0.29) is 12.8 Å². The number of benzene rings is 2. The lowest BCUT2D eigenvalue weighted by Gasteiger charge is -2.20. The van der Waals surface area contributed by atoms with E-state index in [4.69, 9.17) is 0 Å². The predicted molar refractivity (Wildman–Crippen MR) is 71.0 cm³/mol. The normalized spacial score (nSPS) is 10.2. The first kappa shape index (κ1) is 11.5. The predicted octanol–water partition coefficient (Wildman–Crippen LogP) is 2.53. The largest absolute Gasteiger partial charge is 0.392 e. The van der Waals surface area contributed by atoms with Crippen LogP contribution in [0.5, 0.6) is 0 Å². The van der Waals surface area contributed by atoms with E-state index in [0.29, 0.717) is 0 Å². The highest BCUT2D eigenvalue weighted by atomic mass is 16.3. The summed E-state index contributed by atoms with van der Waals surface area (Å²) in [6, 6.07) is 19.6. The van der Waals surface area contributed by atoms with Crippen molar-refractivity contribution in [3.05, 3.63) is 60.7 Å². The molecule has 3 nitrogen and oxygen atoms in total. The molecule has 0 bridgehead atoms. The van der Waals surface area contributed by atoms with Crippen LogP contribution < -0.4 is 10.6 Å². The zero-order valence-corrected chi connectivity index (χ0v) is 9.51. The molecule has 3 N–H and O–H groups in total. The maximum absolute atomic E-state index is 9.32. The first-order chi connectivity index (χ1) is 8.38. The lowest BCUT2D eigenvalue weighted by molar-refractivity contribution is 0.284. The molecule has 0 amide bonds. The van der Waals surface area contributed by atoms with E-state index in [9.17, 15) is 5.11 Å². The number of rotatable bonds is 5. The third-order valence-corrected chi connectivity index (χ3v) is 2.41. The topological polar surface area (TPSA) is 44.3 Å². The van der Waals surface area contributed by atoms with Gasteiger partial charge in [0.05, 0.1) is 6.61 Å². The Morgan fingerprint density at radius 1 is 0.765 bits per heavy atom. The second kappa shape index (κ2) is 5.92. The summed E-state index contributed by atoms with van der Waals surface area (Å²) in [5.41, 5.74) is 1.96. The average Bonchev–Trinajstić information content (AvgIpc) is 2.40. The minimum absolute atomic E-state index is 0.0176. The molecule has 0 atom stereocenters. The van der Waals surface area contributed by atoms with Crippen LogP contribution in [-0.2, 0) is 0 Å². The van der Waals surface area contributed by atoms with Gasteiger partial charge in [0.2, 0.25) is 0 Å². The number of anilines is 2. The summed E-state index contributed by atoms with van der Waals surface area (Å²) in [6.07, 6.45) is -0.195. The van der Waals surface area contributed by atoms with E-state index in [2.05, 4.69) is 10.6 Å². The van der Waals surface area contributed by atoms with Crippen molar-refractivity contribution in [3.8, 4) is 0 Å². The summed E-state index contributed by atoms with van der Waals surface area (Å²) in [5, 5.41) is 15.8. The molecule has 0 saturated carbocycles. The van der Waals surface area contributed by atoms with Gasteiger partial charge in [0.25, 0.3) is 0 Å². The molecule has 0 radical (unpaired) electrons. The molecule has 17 heavy (non-hydrogen) atoms. The van der Waals surface area contributed by atoms with Crippen LogP contribution in [0.2, 0.25) is 0 Å². The van der Waals surface area contributed by atoms with Crippen molar-refractivity contribution in [2.75, 3.05) is 17.2 Å². The number of aliphatic hydroxyl groups excluding tert-OH is 1. The van der Waals surface area contributed by atoms with Crippen LogP contribution >= 0.6 is 0 Å². The first-order valence-electron chi connectivity index (χ1n) is 5.62. The molecule has 2 rings (SSSR count). The Balaban J connectivity index is 1.98. The number of nitrogens with one attached hydrogen (secondary N) is 2. The van der Waals surface area contributed by atoms with E-state index < -0.39 is 0 Å². The molecule has 0 aliphatic heterocycles. The zero-order chi connectivity index (χ0) is 11.9. The Kier molecular flexibility index (Phi) is 4.00. The average molecular weight is 228 g/mol. The van der Waals surface area contributed by atoms with E-state index >= 15 is 0 Å².